The van der Waals surface area contributed by atoms with Gasteiger partial charge in [-0.15, -0.1) is 0 Å². The van der Waals surface area contributed by atoms with Gasteiger partial charge in [0.1, 0.15) is 5.82 Å². The summed E-state index contributed by atoms with van der Waals surface area (Å²) in [5, 5.41) is 3.69. The number of carbonyl (C=O) groups is 2. The van der Waals surface area contributed by atoms with Gasteiger partial charge >= 0.3 is 0 Å². The van der Waals surface area contributed by atoms with Gasteiger partial charge in [0.05, 0.1) is 29.1 Å². The highest BCUT2D eigenvalue weighted by atomic mass is 19.1. The lowest BCUT2D eigenvalue weighted by atomic mass is 10.0. The first-order valence-corrected chi connectivity index (χ1v) is 8.08. The molecule has 2 amide bonds. The van der Waals surface area contributed by atoms with E-state index in [1.807, 2.05) is 0 Å². The Kier molecular flexibility index (Phi) is 3.72. The van der Waals surface area contributed by atoms with Crippen LogP contribution >= 0.6 is 0 Å². The normalized spacial score (nSPS) is 13.4. The van der Waals surface area contributed by atoms with Gasteiger partial charge in [-0.2, -0.15) is 4.98 Å². The number of nitrogens with zero attached hydrogens (tertiary/aromatic N) is 4. The fraction of sp³-hybridized carbons (Fsp3) is 0.167. The van der Waals surface area contributed by atoms with Crippen LogP contribution < -0.4 is 5.73 Å². The second kappa shape index (κ2) is 5.97. The van der Waals surface area contributed by atoms with E-state index in [0.29, 0.717) is 17.1 Å². The molecule has 0 saturated heterocycles. The molecule has 27 heavy (non-hydrogen) atoms. The first-order valence-electron chi connectivity index (χ1n) is 8.08. The molecule has 0 aliphatic carbocycles. The average Bonchev–Trinajstić information content (AvgIpc) is 3.17. The minimum absolute atomic E-state index is 0.000502. The number of imide groups is 1. The van der Waals surface area contributed by atoms with Crippen molar-refractivity contribution in [1.82, 2.24) is 20.0 Å². The molecule has 0 bridgehead atoms. The smallest absolute Gasteiger partial charge is 0.278 e. The topological polar surface area (TPSA) is 115 Å². The Morgan fingerprint density at radius 2 is 1.74 bits per heavy atom. The van der Waals surface area contributed by atoms with E-state index < -0.39 is 17.6 Å². The number of benzene rings is 1. The zero-order valence-electron chi connectivity index (χ0n) is 14.5. The van der Waals surface area contributed by atoms with Crippen LogP contribution in [0.2, 0.25) is 0 Å². The number of hydrogen-bond donors (Lipinski definition) is 1. The summed E-state index contributed by atoms with van der Waals surface area (Å²) in [7, 11) is 0. The number of fused-ring (bicyclic) bond motifs is 1. The van der Waals surface area contributed by atoms with E-state index in [-0.39, 0.29) is 34.9 Å². The maximum atomic E-state index is 13.1. The van der Waals surface area contributed by atoms with Gasteiger partial charge < -0.3 is 10.3 Å². The Morgan fingerprint density at radius 1 is 1.07 bits per heavy atom. The third-order valence-electron chi connectivity index (χ3n) is 4.32. The number of aromatic nitrogens is 3. The van der Waals surface area contributed by atoms with Gasteiger partial charge in [-0.3, -0.25) is 14.5 Å². The molecule has 0 spiro atoms. The summed E-state index contributed by atoms with van der Waals surface area (Å²) in [5.41, 5.74) is 7.48. The van der Waals surface area contributed by atoms with Crippen LogP contribution in [0.15, 0.2) is 28.8 Å². The van der Waals surface area contributed by atoms with E-state index in [9.17, 15) is 14.0 Å². The zero-order chi connectivity index (χ0) is 19.3. The van der Waals surface area contributed by atoms with Gasteiger partial charge in [-0.25, -0.2) is 9.37 Å². The van der Waals surface area contributed by atoms with Crippen LogP contribution in [-0.2, 0) is 6.54 Å². The van der Waals surface area contributed by atoms with Crippen molar-refractivity contribution in [3.05, 3.63) is 58.3 Å². The summed E-state index contributed by atoms with van der Waals surface area (Å²) in [6.45, 7) is 3.25. The van der Waals surface area contributed by atoms with E-state index in [1.165, 1.54) is 24.3 Å². The molecule has 1 aromatic carbocycles. The summed E-state index contributed by atoms with van der Waals surface area (Å²) in [5.74, 6) is -0.966. The molecule has 2 aromatic heterocycles. The van der Waals surface area contributed by atoms with Gasteiger partial charge in [0.2, 0.25) is 0 Å². The Labute approximate surface area is 152 Å². The van der Waals surface area contributed by atoms with Crippen molar-refractivity contribution in [3.63, 3.8) is 0 Å². The van der Waals surface area contributed by atoms with Gasteiger partial charge in [-0.1, -0.05) is 17.3 Å². The first-order chi connectivity index (χ1) is 12.9. The molecule has 3 aromatic rings. The summed E-state index contributed by atoms with van der Waals surface area (Å²) in [6, 6.07) is 5.56. The van der Waals surface area contributed by atoms with Gasteiger partial charge in [0, 0.05) is 0 Å². The van der Waals surface area contributed by atoms with Gasteiger partial charge in [-0.05, 0) is 31.5 Å². The van der Waals surface area contributed by atoms with Crippen LogP contribution in [0, 0.1) is 19.7 Å². The number of anilines is 1. The van der Waals surface area contributed by atoms with E-state index in [1.54, 1.807) is 13.8 Å². The van der Waals surface area contributed by atoms with Crippen molar-refractivity contribution in [1.29, 1.82) is 0 Å². The second-order valence-electron chi connectivity index (χ2n) is 6.18. The predicted molar refractivity (Wildman–Crippen MR) is 92.0 cm³/mol. The van der Waals surface area contributed by atoms with Crippen molar-refractivity contribution in [3.8, 4) is 11.6 Å². The SMILES string of the molecule is Cc1noc(-c2nc(C)c3c(c2N)C(=O)N(Cc2ccc(F)cc2)C3=O)n1. The third kappa shape index (κ3) is 2.64. The van der Waals surface area contributed by atoms with E-state index >= 15 is 0 Å². The molecule has 0 saturated carbocycles. The lowest BCUT2D eigenvalue weighted by Crippen LogP contribution is -2.29. The quantitative estimate of drug-likeness (QED) is 0.706. The van der Waals surface area contributed by atoms with Crippen LogP contribution in [0.4, 0.5) is 10.1 Å². The molecule has 2 N–H and O–H groups in total. The third-order valence-corrected chi connectivity index (χ3v) is 4.32. The first kappa shape index (κ1) is 16.8. The van der Waals surface area contributed by atoms with Crippen molar-refractivity contribution in [2.75, 3.05) is 5.73 Å². The molecule has 136 valence electrons. The maximum Gasteiger partial charge on any atom is 0.278 e. The van der Waals surface area contributed by atoms with E-state index in [2.05, 4.69) is 15.1 Å². The Morgan fingerprint density at radius 3 is 2.37 bits per heavy atom. The van der Waals surface area contributed by atoms with E-state index in [4.69, 9.17) is 10.3 Å². The molecular weight excluding hydrogens is 353 g/mol. The molecule has 8 nitrogen and oxygen atoms in total. The lowest BCUT2D eigenvalue weighted by Gasteiger charge is -2.13. The fourth-order valence-electron chi connectivity index (χ4n) is 3.04. The molecule has 0 radical (unpaired) electrons. The minimum atomic E-state index is -0.542. The fourth-order valence-corrected chi connectivity index (χ4v) is 3.04. The highest BCUT2D eigenvalue weighted by Gasteiger charge is 2.40. The lowest BCUT2D eigenvalue weighted by molar-refractivity contribution is 0.0642. The van der Waals surface area contributed by atoms with E-state index in [0.717, 1.165) is 4.90 Å². The van der Waals surface area contributed by atoms with Crippen molar-refractivity contribution < 1.29 is 18.5 Å². The highest BCUT2D eigenvalue weighted by molar-refractivity contribution is 6.24. The standard InChI is InChI=1S/C18H14FN5O3/c1-8-12-13(14(20)15(21-8)16-22-9(2)23-27-16)18(26)24(17(12)25)7-10-3-5-11(19)6-4-10/h3-6H,7,20H2,1-2H3. The van der Waals surface area contributed by atoms with Crippen LogP contribution in [0.1, 0.15) is 37.8 Å². The molecule has 1 aliphatic heterocycles. The predicted octanol–water partition coefficient (Wildman–Crippen LogP) is 2.27. The number of rotatable bonds is 3. The summed E-state index contributed by atoms with van der Waals surface area (Å²) in [6.07, 6.45) is 0. The molecule has 4 rings (SSSR count). The number of nitrogen functional groups attached to an aromatic ring is 1. The zero-order valence-corrected chi connectivity index (χ0v) is 14.5. The molecule has 0 unspecified atom stereocenters. The summed E-state index contributed by atoms with van der Waals surface area (Å²) in [4.78, 5) is 35.1. The maximum absolute atomic E-state index is 13.1. The summed E-state index contributed by atoms with van der Waals surface area (Å²) >= 11 is 0. The van der Waals surface area contributed by atoms with Crippen molar-refractivity contribution >= 4 is 17.5 Å². The number of halogens is 1. The Hall–Kier alpha value is -3.62. The van der Waals surface area contributed by atoms with Crippen molar-refractivity contribution in [2.24, 2.45) is 0 Å². The second-order valence-corrected chi connectivity index (χ2v) is 6.18. The average molecular weight is 367 g/mol. The number of pyridine rings is 1. The number of amides is 2. The Balaban J connectivity index is 1.77. The van der Waals surface area contributed by atoms with Crippen LogP contribution in [0.3, 0.4) is 0 Å². The Bertz CT molecular complexity index is 1090. The highest BCUT2D eigenvalue weighted by Crippen LogP contribution is 2.35. The monoisotopic (exact) mass is 367 g/mol. The number of nitrogens with two attached hydrogens (primary N) is 1. The largest absolute Gasteiger partial charge is 0.396 e. The molecule has 3 heterocycles. The van der Waals surface area contributed by atoms with Gasteiger partial charge in [0.25, 0.3) is 17.7 Å². The summed E-state index contributed by atoms with van der Waals surface area (Å²) < 4.78 is 18.2. The molecule has 0 atom stereocenters. The number of aryl methyl sites for hydroxylation is 2. The molecule has 0 fully saturated rings. The molecule has 1 aliphatic rings. The molecule has 9 heteroatoms. The van der Waals surface area contributed by atoms with Gasteiger partial charge in [0.15, 0.2) is 11.5 Å². The van der Waals surface area contributed by atoms with Crippen LogP contribution in [0.25, 0.3) is 11.6 Å². The molecular formula is C18H14FN5O3. The van der Waals surface area contributed by atoms with Crippen LogP contribution in [0.5, 0.6) is 0 Å². The van der Waals surface area contributed by atoms with Crippen LogP contribution in [-0.4, -0.2) is 31.8 Å². The minimum Gasteiger partial charge on any atom is -0.396 e. The van der Waals surface area contributed by atoms with Crippen molar-refractivity contribution in [2.45, 2.75) is 20.4 Å². The number of hydrogen-bond acceptors (Lipinski definition) is 7. The number of carbonyl (C=O) groups excluding carboxylic acids is 2.